The van der Waals surface area contributed by atoms with Gasteiger partial charge in [-0.1, -0.05) is 12.8 Å². The molecule has 0 unspecified atom stereocenters. The number of H-pyrrole nitrogens is 1. The molecule has 3 rings (SSSR count). The summed E-state index contributed by atoms with van der Waals surface area (Å²) >= 11 is 5.90. The highest BCUT2D eigenvalue weighted by Gasteiger charge is 2.23. The molecule has 0 amide bonds. The van der Waals surface area contributed by atoms with Crippen molar-refractivity contribution in [1.82, 2.24) is 19.8 Å². The SMILES string of the molecule is O=c1[nH]nc2ccc(N(CCCl)C3CCCC3)nn12. The first-order chi connectivity index (χ1) is 9.29. The third kappa shape index (κ3) is 2.32. The summed E-state index contributed by atoms with van der Waals surface area (Å²) in [7, 11) is 0. The lowest BCUT2D eigenvalue weighted by Crippen LogP contribution is -2.36. The molecule has 0 saturated heterocycles. The first-order valence-electron chi connectivity index (χ1n) is 6.56. The predicted molar refractivity (Wildman–Crippen MR) is 73.9 cm³/mol. The summed E-state index contributed by atoms with van der Waals surface area (Å²) in [4.78, 5) is 13.8. The summed E-state index contributed by atoms with van der Waals surface area (Å²) in [5.74, 6) is 1.35. The second-order valence-corrected chi connectivity index (χ2v) is 5.19. The van der Waals surface area contributed by atoms with Gasteiger partial charge in [0.1, 0.15) is 5.82 Å². The van der Waals surface area contributed by atoms with Crippen molar-refractivity contribution in [3.63, 3.8) is 0 Å². The fraction of sp³-hybridized carbons (Fsp3) is 0.583. The molecule has 1 fully saturated rings. The van der Waals surface area contributed by atoms with Gasteiger partial charge in [0.25, 0.3) is 0 Å². The number of aromatic amines is 1. The largest absolute Gasteiger partial charge is 0.364 e. The molecule has 1 saturated carbocycles. The van der Waals surface area contributed by atoms with Gasteiger partial charge in [0, 0.05) is 18.5 Å². The first-order valence-corrected chi connectivity index (χ1v) is 7.10. The van der Waals surface area contributed by atoms with Crippen LogP contribution in [0.25, 0.3) is 5.65 Å². The van der Waals surface area contributed by atoms with Crippen molar-refractivity contribution in [3.8, 4) is 0 Å². The van der Waals surface area contributed by atoms with Crippen LogP contribution >= 0.6 is 11.6 Å². The van der Waals surface area contributed by atoms with Crippen LogP contribution in [0.5, 0.6) is 0 Å². The molecular weight excluding hydrogens is 266 g/mol. The van der Waals surface area contributed by atoms with Gasteiger partial charge < -0.3 is 4.90 Å². The number of halogens is 1. The van der Waals surface area contributed by atoms with Crippen LogP contribution in [0, 0.1) is 0 Å². The summed E-state index contributed by atoms with van der Waals surface area (Å²) in [6, 6.07) is 4.18. The molecule has 1 N–H and O–H groups in total. The van der Waals surface area contributed by atoms with E-state index in [1.54, 1.807) is 6.07 Å². The van der Waals surface area contributed by atoms with E-state index in [4.69, 9.17) is 11.6 Å². The number of nitrogens with one attached hydrogen (secondary N) is 1. The van der Waals surface area contributed by atoms with Gasteiger partial charge in [0.2, 0.25) is 0 Å². The fourth-order valence-electron chi connectivity index (χ4n) is 2.74. The highest BCUT2D eigenvalue weighted by molar-refractivity contribution is 6.18. The normalized spacial score (nSPS) is 16.3. The maximum atomic E-state index is 11.6. The predicted octanol–water partition coefficient (Wildman–Crippen LogP) is 1.41. The number of hydrogen-bond acceptors (Lipinski definition) is 4. The molecule has 19 heavy (non-hydrogen) atoms. The van der Waals surface area contributed by atoms with Gasteiger partial charge in [-0.25, -0.2) is 9.89 Å². The van der Waals surface area contributed by atoms with Gasteiger partial charge in [-0.05, 0) is 25.0 Å². The van der Waals surface area contributed by atoms with Crippen LogP contribution in [0.3, 0.4) is 0 Å². The van der Waals surface area contributed by atoms with Gasteiger partial charge >= 0.3 is 5.69 Å². The molecule has 0 aromatic carbocycles. The maximum absolute atomic E-state index is 11.6. The van der Waals surface area contributed by atoms with E-state index >= 15 is 0 Å². The molecule has 0 radical (unpaired) electrons. The molecule has 7 heteroatoms. The smallest absolute Gasteiger partial charge is 0.351 e. The van der Waals surface area contributed by atoms with Crippen LogP contribution in [0.4, 0.5) is 5.82 Å². The lowest BCUT2D eigenvalue weighted by atomic mass is 10.2. The van der Waals surface area contributed by atoms with Gasteiger partial charge in [-0.15, -0.1) is 16.7 Å². The highest BCUT2D eigenvalue weighted by atomic mass is 35.5. The summed E-state index contributed by atoms with van der Waals surface area (Å²) in [5.41, 5.74) is 0.222. The molecule has 2 aromatic heterocycles. The number of hydrogen-bond donors (Lipinski definition) is 1. The third-order valence-corrected chi connectivity index (χ3v) is 3.81. The third-order valence-electron chi connectivity index (χ3n) is 3.64. The van der Waals surface area contributed by atoms with Crippen LogP contribution < -0.4 is 10.6 Å². The van der Waals surface area contributed by atoms with E-state index in [1.807, 2.05) is 6.07 Å². The zero-order valence-corrected chi connectivity index (χ0v) is 11.3. The van der Waals surface area contributed by atoms with Crippen molar-refractivity contribution in [2.24, 2.45) is 0 Å². The Labute approximate surface area is 115 Å². The lowest BCUT2D eigenvalue weighted by molar-refractivity contribution is 0.608. The maximum Gasteiger partial charge on any atom is 0.364 e. The standard InChI is InChI=1S/C12H16ClN5O/c13-7-8-17(9-3-1-2-4-9)11-6-5-10-14-15-12(19)18(10)16-11/h5-6,9H,1-4,7-8H2,(H,15,19). The van der Waals surface area contributed by atoms with Crippen molar-refractivity contribution in [2.45, 2.75) is 31.7 Å². The van der Waals surface area contributed by atoms with E-state index in [-0.39, 0.29) is 5.69 Å². The second kappa shape index (κ2) is 5.21. The highest BCUT2D eigenvalue weighted by Crippen LogP contribution is 2.26. The Hall–Kier alpha value is -1.56. The Morgan fingerprint density at radius 1 is 1.42 bits per heavy atom. The van der Waals surface area contributed by atoms with Crippen molar-refractivity contribution >= 4 is 23.1 Å². The van der Waals surface area contributed by atoms with Crippen molar-refractivity contribution in [3.05, 3.63) is 22.6 Å². The summed E-state index contributed by atoms with van der Waals surface area (Å²) in [5, 5.41) is 10.7. The minimum Gasteiger partial charge on any atom is -0.351 e. The Balaban J connectivity index is 1.98. The zero-order valence-electron chi connectivity index (χ0n) is 10.5. The Kier molecular flexibility index (Phi) is 3.42. The average molecular weight is 282 g/mol. The molecular formula is C12H16ClN5O. The molecule has 2 heterocycles. The van der Waals surface area contributed by atoms with Gasteiger partial charge in [-0.3, -0.25) is 0 Å². The quantitative estimate of drug-likeness (QED) is 0.861. The van der Waals surface area contributed by atoms with Crippen LogP contribution in [0.1, 0.15) is 25.7 Å². The number of aromatic nitrogens is 4. The molecule has 1 aliphatic rings. The minimum atomic E-state index is -0.311. The number of alkyl halides is 1. The molecule has 102 valence electrons. The average Bonchev–Trinajstić information content (AvgIpc) is 3.06. The molecule has 0 spiro atoms. The van der Waals surface area contributed by atoms with Gasteiger partial charge in [0.15, 0.2) is 5.65 Å². The Morgan fingerprint density at radius 3 is 2.95 bits per heavy atom. The molecule has 2 aromatic rings. The minimum absolute atomic E-state index is 0.311. The number of rotatable bonds is 4. The molecule has 6 nitrogen and oxygen atoms in total. The second-order valence-electron chi connectivity index (χ2n) is 4.81. The molecule has 0 aliphatic heterocycles. The number of nitrogens with zero attached hydrogens (tertiary/aromatic N) is 4. The monoisotopic (exact) mass is 281 g/mol. The van der Waals surface area contributed by atoms with Crippen LogP contribution in [0.15, 0.2) is 16.9 Å². The Bertz CT molecular complexity index is 616. The Morgan fingerprint density at radius 2 is 2.21 bits per heavy atom. The number of anilines is 1. The van der Waals surface area contributed by atoms with Crippen LogP contribution in [-0.2, 0) is 0 Å². The van der Waals surface area contributed by atoms with Crippen molar-refractivity contribution in [1.29, 1.82) is 0 Å². The first kappa shape index (κ1) is 12.5. The number of fused-ring (bicyclic) bond motifs is 1. The molecule has 0 bridgehead atoms. The van der Waals surface area contributed by atoms with E-state index in [2.05, 4.69) is 20.2 Å². The van der Waals surface area contributed by atoms with E-state index in [0.717, 1.165) is 25.2 Å². The van der Waals surface area contributed by atoms with Crippen LogP contribution in [-0.4, -0.2) is 38.3 Å². The molecule has 1 aliphatic carbocycles. The van der Waals surface area contributed by atoms with E-state index in [0.29, 0.717) is 17.6 Å². The topological polar surface area (TPSA) is 66.3 Å². The summed E-state index contributed by atoms with van der Waals surface area (Å²) < 4.78 is 1.30. The lowest BCUT2D eigenvalue weighted by Gasteiger charge is -2.29. The van der Waals surface area contributed by atoms with Gasteiger partial charge in [-0.2, -0.15) is 9.61 Å². The zero-order chi connectivity index (χ0) is 13.2. The van der Waals surface area contributed by atoms with E-state index in [1.165, 1.54) is 17.4 Å². The summed E-state index contributed by atoms with van der Waals surface area (Å²) in [6.45, 7) is 0.747. The fourth-order valence-corrected chi connectivity index (χ4v) is 2.92. The summed E-state index contributed by atoms with van der Waals surface area (Å²) in [6.07, 6.45) is 4.82. The van der Waals surface area contributed by atoms with Gasteiger partial charge in [0.05, 0.1) is 0 Å². The van der Waals surface area contributed by atoms with Crippen molar-refractivity contribution < 1.29 is 0 Å². The van der Waals surface area contributed by atoms with E-state index < -0.39 is 0 Å². The van der Waals surface area contributed by atoms with E-state index in [9.17, 15) is 4.79 Å². The van der Waals surface area contributed by atoms with Crippen molar-refractivity contribution in [2.75, 3.05) is 17.3 Å². The van der Waals surface area contributed by atoms with Crippen LogP contribution in [0.2, 0.25) is 0 Å². The molecule has 0 atom stereocenters.